The number of hydrogen-bond acceptors (Lipinski definition) is 7. The van der Waals surface area contributed by atoms with Crippen LogP contribution in [0.4, 0.5) is 14.0 Å². The minimum absolute atomic E-state index is 0.0413. The van der Waals surface area contributed by atoms with Crippen LogP contribution in [0, 0.1) is 11.2 Å². The Morgan fingerprint density at radius 3 is 2.39 bits per heavy atom. The third-order valence-corrected chi connectivity index (χ3v) is 9.52. The second-order valence-electron chi connectivity index (χ2n) is 11.5. The van der Waals surface area contributed by atoms with Gasteiger partial charge in [0.2, 0.25) is 0 Å². The van der Waals surface area contributed by atoms with Crippen LogP contribution in [0.25, 0.3) is 0 Å². The highest BCUT2D eigenvalue weighted by Gasteiger charge is 2.68. The topological polar surface area (TPSA) is 119 Å². The van der Waals surface area contributed by atoms with Crippen molar-refractivity contribution in [3.8, 4) is 11.5 Å². The van der Waals surface area contributed by atoms with Gasteiger partial charge in [-0.05, 0) is 79.3 Å². The Balaban J connectivity index is 1.08. The van der Waals surface area contributed by atoms with Gasteiger partial charge in [0.1, 0.15) is 23.9 Å². The molecule has 3 aromatic rings. The first-order valence-corrected chi connectivity index (χ1v) is 15.6. The van der Waals surface area contributed by atoms with Crippen LogP contribution >= 0.6 is 23.2 Å². The highest BCUT2D eigenvalue weighted by Crippen LogP contribution is 2.69. The molecular formula is C30H24Cl2F2N2O7S. The zero-order valence-electron chi connectivity index (χ0n) is 22.8. The molecule has 1 unspecified atom stereocenters. The molecule has 2 amide bonds. The van der Waals surface area contributed by atoms with Gasteiger partial charge in [-0.3, -0.25) is 14.4 Å². The van der Waals surface area contributed by atoms with Crippen LogP contribution in [0.1, 0.15) is 36.0 Å². The quantitative estimate of drug-likeness (QED) is 0.309. The molecule has 230 valence electrons. The fraction of sp³-hybridized carbons (Fsp3) is 0.300. The number of ketones is 1. The van der Waals surface area contributed by atoms with E-state index in [1.165, 1.54) is 41.3 Å². The van der Waals surface area contributed by atoms with E-state index in [4.69, 9.17) is 32.7 Å². The van der Waals surface area contributed by atoms with Crippen LogP contribution in [0.15, 0.2) is 65.6 Å². The van der Waals surface area contributed by atoms with E-state index in [0.717, 1.165) is 18.2 Å². The van der Waals surface area contributed by atoms with E-state index in [0.29, 0.717) is 30.0 Å². The number of anilines is 1. The predicted octanol–water partition coefficient (Wildman–Crippen LogP) is 5.28. The number of nitrogens with zero attached hydrogens (tertiary/aromatic N) is 1. The summed E-state index contributed by atoms with van der Waals surface area (Å²) in [6.45, 7) is -0.374. The van der Waals surface area contributed by atoms with Crippen molar-refractivity contribution in [3.63, 3.8) is 0 Å². The molecule has 1 N–H and O–H groups in total. The Kier molecular flexibility index (Phi) is 7.58. The van der Waals surface area contributed by atoms with Crippen molar-refractivity contribution in [1.82, 2.24) is 5.32 Å². The summed E-state index contributed by atoms with van der Waals surface area (Å²) in [4.78, 5) is 40.1. The van der Waals surface area contributed by atoms with Crippen molar-refractivity contribution in [3.05, 3.63) is 82.1 Å². The lowest BCUT2D eigenvalue weighted by Crippen LogP contribution is -2.76. The van der Waals surface area contributed by atoms with E-state index in [9.17, 15) is 31.1 Å². The summed E-state index contributed by atoms with van der Waals surface area (Å²) in [5.41, 5.74) is -0.332. The van der Waals surface area contributed by atoms with Gasteiger partial charge in [-0.1, -0.05) is 23.2 Å². The van der Waals surface area contributed by atoms with E-state index in [1.807, 2.05) is 0 Å². The van der Waals surface area contributed by atoms with Crippen LogP contribution in [0.2, 0.25) is 10.0 Å². The molecule has 1 atom stereocenters. The summed E-state index contributed by atoms with van der Waals surface area (Å²) in [7, 11) is -4.94. The Bertz CT molecular complexity index is 1780. The van der Waals surface area contributed by atoms with E-state index >= 15 is 0 Å². The summed E-state index contributed by atoms with van der Waals surface area (Å²) < 4.78 is 60.7. The number of ether oxygens (including phenoxy) is 2. The average molecular weight is 665 g/mol. The van der Waals surface area contributed by atoms with Gasteiger partial charge in [-0.25, -0.2) is 4.39 Å². The standard InChI is InChI=1S/C30H24Cl2F2N2O7S/c31-18-3-8-25-24(9-18)36(28(39)17-1-5-21(6-2-17)44(34,40)41)12-26(43-25)27(38)35-30-14-29(15-30,16-30)11-19(37)13-42-20-4-7-22(32)23(33)10-20/h1-10,26H,11-16H2,(H,35,38). The molecule has 3 aliphatic carbocycles. The minimum atomic E-state index is -4.94. The van der Waals surface area contributed by atoms with Crippen LogP contribution in [0.3, 0.4) is 0 Å². The van der Waals surface area contributed by atoms with E-state index in [1.54, 1.807) is 6.07 Å². The zero-order valence-corrected chi connectivity index (χ0v) is 25.1. The highest BCUT2D eigenvalue weighted by atomic mass is 35.5. The van der Waals surface area contributed by atoms with E-state index in [-0.39, 0.29) is 52.9 Å². The lowest BCUT2D eigenvalue weighted by molar-refractivity contribution is -0.175. The van der Waals surface area contributed by atoms with Crippen molar-refractivity contribution in [2.24, 2.45) is 5.41 Å². The molecule has 3 saturated carbocycles. The number of hydrogen-bond donors (Lipinski definition) is 1. The van der Waals surface area contributed by atoms with Crippen molar-refractivity contribution >= 4 is 56.7 Å². The number of amides is 2. The summed E-state index contributed by atoms with van der Waals surface area (Å²) in [6, 6.07) is 12.9. The van der Waals surface area contributed by atoms with Crippen molar-refractivity contribution < 1.29 is 40.6 Å². The van der Waals surface area contributed by atoms with Gasteiger partial charge < -0.3 is 19.7 Å². The molecule has 3 fully saturated rings. The first-order chi connectivity index (χ1) is 20.7. The van der Waals surface area contributed by atoms with Crippen molar-refractivity contribution in [1.29, 1.82) is 0 Å². The Hall–Kier alpha value is -3.74. The van der Waals surface area contributed by atoms with Gasteiger partial charge in [0.05, 0.1) is 22.2 Å². The summed E-state index contributed by atoms with van der Waals surface area (Å²) >= 11 is 11.8. The lowest BCUT2D eigenvalue weighted by atomic mass is 9.38. The Labute approximate surface area is 261 Å². The van der Waals surface area contributed by atoms with Crippen LogP contribution in [0.5, 0.6) is 11.5 Å². The zero-order chi connectivity index (χ0) is 31.4. The molecule has 4 aliphatic rings. The maximum atomic E-state index is 13.6. The molecule has 3 aromatic carbocycles. The van der Waals surface area contributed by atoms with Gasteiger partial charge in [0, 0.05) is 28.6 Å². The first-order valence-electron chi connectivity index (χ1n) is 13.5. The van der Waals surface area contributed by atoms with Gasteiger partial charge >= 0.3 is 10.2 Å². The minimum Gasteiger partial charge on any atom is -0.486 e. The fourth-order valence-corrected chi connectivity index (χ4v) is 7.11. The summed E-state index contributed by atoms with van der Waals surface area (Å²) in [5.74, 6) is -1.33. The van der Waals surface area contributed by atoms with Crippen LogP contribution in [-0.2, 0) is 19.8 Å². The second kappa shape index (κ2) is 11.0. The van der Waals surface area contributed by atoms with Crippen LogP contribution < -0.4 is 19.7 Å². The number of Topliss-reactive ketones (excluding diaryl/α,β-unsaturated/α-hetero) is 1. The Morgan fingerprint density at radius 1 is 1.02 bits per heavy atom. The third kappa shape index (κ3) is 5.85. The molecule has 1 heterocycles. The number of halogens is 4. The molecular weight excluding hydrogens is 641 g/mol. The number of carbonyl (C=O) groups excluding carboxylic acids is 3. The molecule has 14 heteroatoms. The summed E-state index contributed by atoms with van der Waals surface area (Å²) in [6.07, 6.45) is 0.979. The summed E-state index contributed by atoms with van der Waals surface area (Å²) in [5, 5.41) is 3.31. The van der Waals surface area contributed by atoms with Crippen LogP contribution in [-0.4, -0.2) is 50.8 Å². The predicted molar refractivity (Wildman–Crippen MR) is 156 cm³/mol. The fourth-order valence-electron chi connectivity index (χ4n) is 6.36. The first kappa shape index (κ1) is 30.3. The lowest BCUT2D eigenvalue weighted by Gasteiger charge is -2.70. The van der Waals surface area contributed by atoms with Crippen molar-refractivity contribution in [2.45, 2.75) is 42.2 Å². The number of nitrogens with one attached hydrogen (secondary N) is 1. The second-order valence-corrected chi connectivity index (χ2v) is 13.7. The molecule has 0 aromatic heterocycles. The molecule has 1 aliphatic heterocycles. The van der Waals surface area contributed by atoms with E-state index in [2.05, 4.69) is 5.32 Å². The normalized spacial score (nSPS) is 23.4. The molecule has 0 radical (unpaired) electrons. The highest BCUT2D eigenvalue weighted by molar-refractivity contribution is 7.86. The molecule has 2 bridgehead atoms. The maximum Gasteiger partial charge on any atom is 0.332 e. The molecule has 0 spiro atoms. The smallest absolute Gasteiger partial charge is 0.332 e. The SMILES string of the molecule is O=C(COc1ccc(Cl)c(F)c1)CC12CC(NC(=O)C3CN(C(=O)c4ccc(S(=O)(=O)F)cc4)c4cc(Cl)ccc4O3)(C1)C2. The molecule has 9 nitrogen and oxygen atoms in total. The average Bonchev–Trinajstić information content (AvgIpc) is 2.94. The van der Waals surface area contributed by atoms with Crippen molar-refractivity contribution in [2.75, 3.05) is 18.1 Å². The van der Waals surface area contributed by atoms with Gasteiger partial charge in [0.15, 0.2) is 11.9 Å². The maximum absolute atomic E-state index is 13.6. The molecule has 7 rings (SSSR count). The number of fused-ring (bicyclic) bond motifs is 1. The number of carbonyl (C=O) groups is 3. The molecule has 0 saturated heterocycles. The largest absolute Gasteiger partial charge is 0.486 e. The molecule has 44 heavy (non-hydrogen) atoms. The number of benzene rings is 3. The third-order valence-electron chi connectivity index (χ3n) is 8.14. The number of rotatable bonds is 9. The van der Waals surface area contributed by atoms with Gasteiger partial charge in [-0.2, -0.15) is 8.42 Å². The van der Waals surface area contributed by atoms with Gasteiger partial charge in [0.25, 0.3) is 11.8 Å². The monoisotopic (exact) mass is 664 g/mol. The van der Waals surface area contributed by atoms with E-state index < -0.39 is 44.4 Å². The van der Waals surface area contributed by atoms with Gasteiger partial charge in [-0.15, -0.1) is 3.89 Å². The Morgan fingerprint density at radius 2 is 1.73 bits per heavy atom.